The summed E-state index contributed by atoms with van der Waals surface area (Å²) in [6.45, 7) is 0. The lowest BCUT2D eigenvalue weighted by Gasteiger charge is -2.19. The zero-order valence-electron chi connectivity index (χ0n) is 7.99. The van der Waals surface area contributed by atoms with Gasteiger partial charge < -0.3 is 9.88 Å². The Morgan fingerprint density at radius 2 is 2.21 bits per heavy atom. The Morgan fingerprint density at radius 3 is 2.71 bits per heavy atom. The van der Waals surface area contributed by atoms with Crippen molar-refractivity contribution >= 4 is 5.91 Å². The third-order valence-corrected chi connectivity index (χ3v) is 2.69. The Hall–Kier alpha value is -1.58. The van der Waals surface area contributed by atoms with Crippen molar-refractivity contribution in [2.24, 2.45) is 0 Å². The van der Waals surface area contributed by atoms with Gasteiger partial charge in [0.15, 0.2) is 0 Å². The Kier molecular flexibility index (Phi) is 2.11. The number of amides is 1. The van der Waals surface area contributed by atoms with Gasteiger partial charge in [0.2, 0.25) is 11.5 Å². The van der Waals surface area contributed by atoms with E-state index in [1.54, 1.807) is 24.2 Å². The summed E-state index contributed by atoms with van der Waals surface area (Å²) >= 11 is 0. The molecule has 0 bridgehead atoms. The lowest BCUT2D eigenvalue weighted by molar-refractivity contribution is -0.127. The molecule has 74 valence electrons. The van der Waals surface area contributed by atoms with Crippen molar-refractivity contribution in [3.63, 3.8) is 0 Å². The molecule has 1 N–H and O–H groups in total. The first-order chi connectivity index (χ1) is 6.68. The smallest absolute Gasteiger partial charge is 0.247 e. The van der Waals surface area contributed by atoms with Crippen LogP contribution in [-0.4, -0.2) is 22.8 Å². The highest BCUT2D eigenvalue weighted by Gasteiger charge is 2.28. The first kappa shape index (κ1) is 8.99. The number of nitrogens with zero attached hydrogens (tertiary/aromatic N) is 1. The zero-order chi connectivity index (χ0) is 10.1. The lowest BCUT2D eigenvalue weighted by Crippen LogP contribution is -2.23. The Labute approximate surface area is 81.6 Å². The van der Waals surface area contributed by atoms with E-state index in [1.165, 1.54) is 6.07 Å². The van der Waals surface area contributed by atoms with E-state index in [-0.39, 0.29) is 17.5 Å². The summed E-state index contributed by atoms with van der Waals surface area (Å²) in [5, 5.41) is 0. The van der Waals surface area contributed by atoms with Crippen LogP contribution in [0.4, 0.5) is 0 Å². The van der Waals surface area contributed by atoms with E-state index >= 15 is 0 Å². The van der Waals surface area contributed by atoms with Crippen molar-refractivity contribution in [3.05, 3.63) is 34.2 Å². The van der Waals surface area contributed by atoms with E-state index in [0.717, 1.165) is 12.0 Å². The fourth-order valence-electron chi connectivity index (χ4n) is 1.82. The monoisotopic (exact) mass is 192 g/mol. The summed E-state index contributed by atoms with van der Waals surface area (Å²) in [5.74, 6) is 0.168. The zero-order valence-corrected chi connectivity index (χ0v) is 7.99. The van der Waals surface area contributed by atoms with Crippen LogP contribution in [0.5, 0.6) is 0 Å². The van der Waals surface area contributed by atoms with Crippen molar-refractivity contribution in [2.75, 3.05) is 7.05 Å². The number of nitrogens with one attached hydrogen (secondary N) is 1. The van der Waals surface area contributed by atoms with E-state index in [9.17, 15) is 9.59 Å². The number of rotatable bonds is 1. The van der Waals surface area contributed by atoms with Crippen molar-refractivity contribution in [1.29, 1.82) is 0 Å². The molecule has 1 amide bonds. The van der Waals surface area contributed by atoms with Crippen molar-refractivity contribution in [2.45, 2.75) is 18.9 Å². The predicted octanol–water partition coefficient (Wildman–Crippen LogP) is 0.668. The fourth-order valence-corrected chi connectivity index (χ4v) is 1.82. The van der Waals surface area contributed by atoms with Crippen molar-refractivity contribution in [3.8, 4) is 0 Å². The van der Waals surface area contributed by atoms with Crippen LogP contribution in [0.2, 0.25) is 0 Å². The molecule has 0 aromatic carbocycles. The van der Waals surface area contributed by atoms with Gasteiger partial charge in [0.25, 0.3) is 0 Å². The normalized spacial score (nSPS) is 21.6. The number of hydrogen-bond donors (Lipinski definition) is 1. The fraction of sp³-hybridized carbons (Fsp3) is 0.400. The molecule has 0 unspecified atom stereocenters. The first-order valence-electron chi connectivity index (χ1n) is 4.63. The summed E-state index contributed by atoms with van der Waals surface area (Å²) in [4.78, 5) is 26.5. The quantitative estimate of drug-likeness (QED) is 0.711. The molecular weight excluding hydrogens is 180 g/mol. The molecule has 2 rings (SSSR count). The van der Waals surface area contributed by atoms with Crippen LogP contribution in [-0.2, 0) is 4.79 Å². The van der Waals surface area contributed by atoms with Gasteiger partial charge >= 0.3 is 0 Å². The molecule has 4 nitrogen and oxygen atoms in total. The standard InChI is InChI=1S/C10H12N2O2/c1-12-8(3-5-10(12)14)7-2-4-9(13)11-6-7/h2,4,6,8H,3,5H2,1H3,(H,11,13)/t8-/m0/s1. The van der Waals surface area contributed by atoms with Crippen molar-refractivity contribution < 1.29 is 4.79 Å². The molecule has 0 saturated carbocycles. The van der Waals surface area contributed by atoms with Gasteiger partial charge in [-0.1, -0.05) is 6.07 Å². The summed E-state index contributed by atoms with van der Waals surface area (Å²) in [6, 6.07) is 3.39. The van der Waals surface area contributed by atoms with Gasteiger partial charge in [-0.05, 0) is 12.0 Å². The number of likely N-dealkylation sites (tertiary alicyclic amines) is 1. The molecule has 1 aliphatic rings. The Bertz CT molecular complexity index is 390. The first-order valence-corrected chi connectivity index (χ1v) is 4.63. The second-order valence-electron chi connectivity index (χ2n) is 3.55. The minimum Gasteiger partial charge on any atom is -0.339 e. The van der Waals surface area contributed by atoms with Crippen LogP contribution in [0.15, 0.2) is 23.1 Å². The highest BCUT2D eigenvalue weighted by Crippen LogP contribution is 2.29. The van der Waals surface area contributed by atoms with Crippen LogP contribution >= 0.6 is 0 Å². The lowest BCUT2D eigenvalue weighted by atomic mass is 10.1. The third-order valence-electron chi connectivity index (χ3n) is 2.69. The number of H-pyrrole nitrogens is 1. The molecule has 1 saturated heterocycles. The molecule has 2 heterocycles. The van der Waals surface area contributed by atoms with E-state index in [1.807, 2.05) is 0 Å². The maximum atomic E-state index is 11.3. The second kappa shape index (κ2) is 3.29. The number of aromatic amines is 1. The number of aromatic nitrogens is 1. The molecule has 1 fully saturated rings. The third kappa shape index (κ3) is 1.43. The molecule has 1 aromatic rings. The Morgan fingerprint density at radius 1 is 1.43 bits per heavy atom. The SMILES string of the molecule is CN1C(=O)CC[C@H]1c1ccc(=O)[nH]c1. The second-order valence-corrected chi connectivity index (χ2v) is 3.55. The van der Waals surface area contributed by atoms with E-state index in [4.69, 9.17) is 0 Å². The highest BCUT2D eigenvalue weighted by atomic mass is 16.2. The van der Waals surface area contributed by atoms with Gasteiger partial charge in [-0.2, -0.15) is 0 Å². The summed E-state index contributed by atoms with van der Waals surface area (Å²) in [5.41, 5.74) is 0.888. The minimum absolute atomic E-state index is 0.110. The molecule has 1 aliphatic heterocycles. The van der Waals surface area contributed by atoms with Crippen LogP contribution < -0.4 is 5.56 Å². The van der Waals surface area contributed by atoms with Gasteiger partial charge in [0.05, 0.1) is 6.04 Å². The van der Waals surface area contributed by atoms with E-state index in [2.05, 4.69) is 4.98 Å². The van der Waals surface area contributed by atoms with Crippen LogP contribution in [0, 0.1) is 0 Å². The minimum atomic E-state index is -0.110. The number of carbonyl (C=O) groups excluding carboxylic acids is 1. The summed E-state index contributed by atoms with van der Waals surface area (Å²) in [7, 11) is 1.80. The van der Waals surface area contributed by atoms with Crippen molar-refractivity contribution in [1.82, 2.24) is 9.88 Å². The largest absolute Gasteiger partial charge is 0.339 e. The Balaban J connectivity index is 2.28. The van der Waals surface area contributed by atoms with Gasteiger partial charge in [-0.3, -0.25) is 9.59 Å². The maximum Gasteiger partial charge on any atom is 0.247 e. The molecule has 1 aromatic heterocycles. The average Bonchev–Trinajstić information content (AvgIpc) is 2.50. The highest BCUT2D eigenvalue weighted by molar-refractivity contribution is 5.78. The van der Waals surface area contributed by atoms with Gasteiger partial charge in [-0.15, -0.1) is 0 Å². The molecule has 0 spiro atoms. The van der Waals surface area contributed by atoms with Crippen LogP contribution in [0.1, 0.15) is 24.4 Å². The number of carbonyl (C=O) groups is 1. The number of hydrogen-bond acceptors (Lipinski definition) is 2. The number of pyridine rings is 1. The molecule has 0 aliphatic carbocycles. The van der Waals surface area contributed by atoms with Gasteiger partial charge in [0.1, 0.15) is 0 Å². The van der Waals surface area contributed by atoms with Crippen LogP contribution in [0.3, 0.4) is 0 Å². The average molecular weight is 192 g/mol. The van der Waals surface area contributed by atoms with E-state index < -0.39 is 0 Å². The molecule has 0 radical (unpaired) electrons. The van der Waals surface area contributed by atoms with Gasteiger partial charge in [0, 0.05) is 25.7 Å². The molecule has 14 heavy (non-hydrogen) atoms. The summed E-state index contributed by atoms with van der Waals surface area (Å²) in [6.07, 6.45) is 3.11. The molecule has 4 heteroatoms. The van der Waals surface area contributed by atoms with Crippen LogP contribution in [0.25, 0.3) is 0 Å². The molecule has 1 atom stereocenters. The summed E-state index contributed by atoms with van der Waals surface area (Å²) < 4.78 is 0. The van der Waals surface area contributed by atoms with Gasteiger partial charge in [-0.25, -0.2) is 0 Å². The van der Waals surface area contributed by atoms with E-state index in [0.29, 0.717) is 6.42 Å². The maximum absolute atomic E-state index is 11.3. The predicted molar refractivity (Wildman–Crippen MR) is 51.8 cm³/mol. The topological polar surface area (TPSA) is 53.2 Å². The molecular formula is C10H12N2O2.